The van der Waals surface area contributed by atoms with Crippen molar-refractivity contribution >= 4 is 22.6 Å². The summed E-state index contributed by atoms with van der Waals surface area (Å²) in [6, 6.07) is 3.79. The molecule has 1 aliphatic rings. The molecule has 0 saturated carbocycles. The van der Waals surface area contributed by atoms with Gasteiger partial charge in [0.1, 0.15) is 5.75 Å². The van der Waals surface area contributed by atoms with Crippen LogP contribution < -0.4 is 5.73 Å². The molecule has 3 heteroatoms. The van der Waals surface area contributed by atoms with Crippen LogP contribution in [0.25, 0.3) is 0 Å². The van der Waals surface area contributed by atoms with Crippen molar-refractivity contribution in [3.8, 4) is 5.75 Å². The normalized spacial score (nSPS) is 21.2. The molecule has 1 aromatic carbocycles. The largest absolute Gasteiger partial charge is 0.508 e. The Morgan fingerprint density at radius 1 is 1.46 bits per heavy atom. The Balaban J connectivity index is 2.56. The number of nitrogens with two attached hydrogens (primary N) is 1. The SMILES string of the molecule is NC1CCCc2cc(O)cc(I)c21. The molecular formula is C10H12INO. The third-order valence-corrected chi connectivity index (χ3v) is 3.42. The predicted octanol–water partition coefficient (Wildman–Crippen LogP) is 2.33. The van der Waals surface area contributed by atoms with Gasteiger partial charge in [0.25, 0.3) is 0 Å². The van der Waals surface area contributed by atoms with Crippen LogP contribution in [0.15, 0.2) is 12.1 Å². The molecule has 0 amide bonds. The van der Waals surface area contributed by atoms with Gasteiger partial charge >= 0.3 is 0 Å². The van der Waals surface area contributed by atoms with E-state index in [2.05, 4.69) is 22.6 Å². The van der Waals surface area contributed by atoms with Crippen LogP contribution in [0.2, 0.25) is 0 Å². The minimum atomic E-state index is 0.163. The minimum absolute atomic E-state index is 0.163. The van der Waals surface area contributed by atoms with Crippen molar-refractivity contribution in [2.45, 2.75) is 25.3 Å². The van der Waals surface area contributed by atoms with E-state index in [1.165, 1.54) is 11.1 Å². The molecule has 13 heavy (non-hydrogen) atoms. The quantitative estimate of drug-likeness (QED) is 0.720. The molecule has 2 rings (SSSR count). The molecule has 0 aromatic heterocycles. The van der Waals surface area contributed by atoms with Gasteiger partial charge in [-0.25, -0.2) is 0 Å². The number of benzene rings is 1. The summed E-state index contributed by atoms with van der Waals surface area (Å²) in [6.45, 7) is 0. The highest BCUT2D eigenvalue weighted by Crippen LogP contribution is 2.34. The van der Waals surface area contributed by atoms with Gasteiger partial charge in [0, 0.05) is 9.61 Å². The average molecular weight is 289 g/mol. The molecule has 0 heterocycles. The standard InChI is InChI=1S/C10H12INO/c11-8-5-7(13)4-6-2-1-3-9(12)10(6)8/h4-5,9,13H,1-3,12H2. The summed E-state index contributed by atoms with van der Waals surface area (Å²) < 4.78 is 1.10. The smallest absolute Gasteiger partial charge is 0.116 e. The van der Waals surface area contributed by atoms with Gasteiger partial charge in [-0.1, -0.05) is 0 Å². The summed E-state index contributed by atoms with van der Waals surface area (Å²) in [5, 5.41) is 9.41. The van der Waals surface area contributed by atoms with Crippen LogP contribution >= 0.6 is 22.6 Å². The topological polar surface area (TPSA) is 46.2 Å². The van der Waals surface area contributed by atoms with Crippen LogP contribution in [-0.4, -0.2) is 5.11 Å². The van der Waals surface area contributed by atoms with E-state index in [1.54, 1.807) is 6.07 Å². The second-order valence-corrected chi connectivity index (χ2v) is 4.66. The number of halogens is 1. The first kappa shape index (κ1) is 9.27. The van der Waals surface area contributed by atoms with E-state index < -0.39 is 0 Å². The van der Waals surface area contributed by atoms with Crippen molar-refractivity contribution in [2.75, 3.05) is 0 Å². The zero-order valence-corrected chi connectivity index (χ0v) is 9.41. The van der Waals surface area contributed by atoms with Crippen LogP contribution in [0.3, 0.4) is 0 Å². The molecule has 0 spiro atoms. The van der Waals surface area contributed by atoms with Crippen molar-refractivity contribution in [1.82, 2.24) is 0 Å². The maximum Gasteiger partial charge on any atom is 0.116 e. The van der Waals surface area contributed by atoms with Gasteiger partial charge in [-0.15, -0.1) is 0 Å². The zero-order valence-electron chi connectivity index (χ0n) is 7.26. The highest BCUT2D eigenvalue weighted by Gasteiger charge is 2.19. The van der Waals surface area contributed by atoms with E-state index in [-0.39, 0.29) is 6.04 Å². The predicted molar refractivity (Wildman–Crippen MR) is 60.7 cm³/mol. The van der Waals surface area contributed by atoms with Gasteiger partial charge in [-0.05, 0) is 65.1 Å². The Labute approximate surface area is 91.3 Å². The Bertz CT molecular complexity index is 338. The molecule has 0 radical (unpaired) electrons. The van der Waals surface area contributed by atoms with Crippen LogP contribution in [0.1, 0.15) is 30.0 Å². The number of phenolic OH excluding ortho intramolecular Hbond substituents is 1. The number of aromatic hydroxyl groups is 1. The monoisotopic (exact) mass is 289 g/mol. The molecule has 70 valence electrons. The number of phenols is 1. The summed E-state index contributed by atoms with van der Waals surface area (Å²) in [7, 11) is 0. The molecule has 1 atom stereocenters. The third-order valence-electron chi connectivity index (χ3n) is 2.53. The van der Waals surface area contributed by atoms with Crippen molar-refractivity contribution in [3.63, 3.8) is 0 Å². The first-order valence-electron chi connectivity index (χ1n) is 4.45. The Hall–Kier alpha value is -0.290. The van der Waals surface area contributed by atoms with Gasteiger partial charge in [0.05, 0.1) is 0 Å². The van der Waals surface area contributed by atoms with Crippen molar-refractivity contribution in [2.24, 2.45) is 5.73 Å². The second kappa shape index (κ2) is 3.46. The fraction of sp³-hybridized carbons (Fsp3) is 0.400. The molecule has 1 aromatic rings. The molecule has 0 aliphatic heterocycles. The highest BCUT2D eigenvalue weighted by atomic mass is 127. The molecule has 0 fully saturated rings. The molecule has 0 saturated heterocycles. The lowest BCUT2D eigenvalue weighted by Gasteiger charge is -2.23. The third kappa shape index (κ3) is 1.67. The van der Waals surface area contributed by atoms with Crippen LogP contribution in [0, 0.1) is 3.57 Å². The zero-order chi connectivity index (χ0) is 9.42. The van der Waals surface area contributed by atoms with Gasteiger partial charge < -0.3 is 10.8 Å². The number of hydrogen-bond donors (Lipinski definition) is 2. The fourth-order valence-electron chi connectivity index (χ4n) is 1.94. The maximum absolute atomic E-state index is 9.41. The molecule has 3 N–H and O–H groups in total. The van der Waals surface area contributed by atoms with Crippen molar-refractivity contribution in [1.29, 1.82) is 0 Å². The summed E-state index contributed by atoms with van der Waals surface area (Å²) in [5.74, 6) is 0.359. The molecule has 1 aliphatic carbocycles. The highest BCUT2D eigenvalue weighted by molar-refractivity contribution is 14.1. The van der Waals surface area contributed by atoms with Gasteiger partial charge in [0.15, 0.2) is 0 Å². The lowest BCUT2D eigenvalue weighted by atomic mass is 9.88. The summed E-state index contributed by atoms with van der Waals surface area (Å²) in [5.41, 5.74) is 8.48. The van der Waals surface area contributed by atoms with Crippen molar-refractivity contribution in [3.05, 3.63) is 26.8 Å². The lowest BCUT2D eigenvalue weighted by Crippen LogP contribution is -2.18. The average Bonchev–Trinajstić information content (AvgIpc) is 2.02. The van der Waals surface area contributed by atoms with E-state index >= 15 is 0 Å². The first-order chi connectivity index (χ1) is 6.18. The minimum Gasteiger partial charge on any atom is -0.508 e. The summed E-state index contributed by atoms with van der Waals surface area (Å²) in [4.78, 5) is 0. The molecule has 1 unspecified atom stereocenters. The number of hydrogen-bond acceptors (Lipinski definition) is 2. The van der Waals surface area contributed by atoms with Gasteiger partial charge in [-0.3, -0.25) is 0 Å². The molecule has 0 bridgehead atoms. The molecule has 2 nitrogen and oxygen atoms in total. The van der Waals surface area contributed by atoms with Crippen LogP contribution in [0.4, 0.5) is 0 Å². The number of aryl methyl sites for hydroxylation is 1. The Kier molecular flexibility index (Phi) is 2.47. The Morgan fingerprint density at radius 3 is 3.00 bits per heavy atom. The van der Waals surface area contributed by atoms with Crippen molar-refractivity contribution < 1.29 is 5.11 Å². The van der Waals surface area contributed by atoms with E-state index in [0.29, 0.717) is 5.75 Å². The number of fused-ring (bicyclic) bond motifs is 1. The Morgan fingerprint density at radius 2 is 2.23 bits per heavy atom. The molecular weight excluding hydrogens is 277 g/mol. The lowest BCUT2D eigenvalue weighted by molar-refractivity contribution is 0.470. The van der Waals surface area contributed by atoms with Crippen LogP contribution in [-0.2, 0) is 6.42 Å². The van der Waals surface area contributed by atoms with E-state index in [0.717, 1.165) is 22.8 Å². The van der Waals surface area contributed by atoms with E-state index in [1.807, 2.05) is 6.07 Å². The maximum atomic E-state index is 9.41. The van der Waals surface area contributed by atoms with Crippen LogP contribution in [0.5, 0.6) is 5.75 Å². The van der Waals surface area contributed by atoms with E-state index in [9.17, 15) is 5.11 Å². The fourth-order valence-corrected chi connectivity index (χ4v) is 3.00. The van der Waals surface area contributed by atoms with Gasteiger partial charge in [0.2, 0.25) is 0 Å². The first-order valence-corrected chi connectivity index (χ1v) is 5.53. The summed E-state index contributed by atoms with van der Waals surface area (Å²) in [6.07, 6.45) is 3.24. The number of rotatable bonds is 0. The van der Waals surface area contributed by atoms with E-state index in [4.69, 9.17) is 5.73 Å². The van der Waals surface area contributed by atoms with Gasteiger partial charge in [-0.2, -0.15) is 0 Å². The second-order valence-electron chi connectivity index (χ2n) is 3.50. The summed E-state index contributed by atoms with van der Waals surface area (Å²) >= 11 is 2.24.